The predicted octanol–water partition coefficient (Wildman–Crippen LogP) is 2.97. The molecule has 0 unspecified atom stereocenters. The van der Waals surface area contributed by atoms with Crippen LogP contribution in [0.2, 0.25) is 0 Å². The highest BCUT2D eigenvalue weighted by Gasteiger charge is 2.12. The van der Waals surface area contributed by atoms with E-state index >= 15 is 0 Å². The zero-order valence-electron chi connectivity index (χ0n) is 12.5. The van der Waals surface area contributed by atoms with Crippen LogP contribution < -0.4 is 5.56 Å². The van der Waals surface area contributed by atoms with Gasteiger partial charge in [-0.2, -0.15) is 0 Å². The fraction of sp³-hybridized carbons (Fsp3) is 0.167. The van der Waals surface area contributed by atoms with Crippen molar-refractivity contribution < 1.29 is 4.79 Å². The average Bonchev–Trinajstić information content (AvgIpc) is 2.51. The first kappa shape index (κ1) is 14.2. The molecule has 110 valence electrons. The summed E-state index contributed by atoms with van der Waals surface area (Å²) in [6.07, 6.45) is 0.00219. The van der Waals surface area contributed by atoms with Gasteiger partial charge in [0.05, 0.1) is 17.5 Å². The van der Waals surface area contributed by atoms with Crippen molar-refractivity contribution in [1.29, 1.82) is 0 Å². The van der Waals surface area contributed by atoms with Crippen molar-refractivity contribution >= 4 is 16.8 Å². The van der Waals surface area contributed by atoms with Crippen LogP contribution in [0, 0.1) is 13.8 Å². The molecule has 0 aliphatic heterocycles. The molecule has 0 saturated carbocycles. The SMILES string of the molecule is Cc1cc2nc(CC(=O)c3ccccc3)c(=O)[nH]c2cc1C. The van der Waals surface area contributed by atoms with Crippen molar-refractivity contribution in [2.45, 2.75) is 20.3 Å². The molecule has 0 bridgehead atoms. The molecule has 3 rings (SSSR count). The van der Waals surface area contributed by atoms with E-state index in [2.05, 4.69) is 9.97 Å². The van der Waals surface area contributed by atoms with Gasteiger partial charge in [-0.1, -0.05) is 30.3 Å². The minimum atomic E-state index is -0.306. The molecule has 0 aliphatic rings. The lowest BCUT2D eigenvalue weighted by atomic mass is 10.1. The van der Waals surface area contributed by atoms with E-state index < -0.39 is 0 Å². The molecule has 0 aliphatic carbocycles. The maximum absolute atomic E-state index is 12.2. The van der Waals surface area contributed by atoms with Gasteiger partial charge >= 0.3 is 0 Å². The molecule has 0 spiro atoms. The molecule has 2 aromatic carbocycles. The first-order valence-electron chi connectivity index (χ1n) is 7.13. The molecule has 1 heterocycles. The van der Waals surface area contributed by atoms with E-state index in [1.165, 1.54) is 0 Å². The molecule has 22 heavy (non-hydrogen) atoms. The first-order valence-corrected chi connectivity index (χ1v) is 7.13. The third-order valence-corrected chi connectivity index (χ3v) is 3.80. The Labute approximate surface area is 127 Å². The summed E-state index contributed by atoms with van der Waals surface area (Å²) in [5.74, 6) is -0.109. The van der Waals surface area contributed by atoms with Crippen LogP contribution in [-0.4, -0.2) is 15.8 Å². The van der Waals surface area contributed by atoms with Crippen LogP contribution in [0.5, 0.6) is 0 Å². The Morgan fingerprint density at radius 1 is 1.09 bits per heavy atom. The number of Topliss-reactive ketones (excluding diaryl/α,β-unsaturated/α-hetero) is 1. The van der Waals surface area contributed by atoms with Crippen molar-refractivity contribution in [1.82, 2.24) is 9.97 Å². The number of nitrogens with one attached hydrogen (secondary N) is 1. The Hall–Kier alpha value is -2.75. The molecular weight excluding hydrogens is 276 g/mol. The van der Waals surface area contributed by atoms with Crippen LogP contribution >= 0.6 is 0 Å². The van der Waals surface area contributed by atoms with Gasteiger partial charge in [-0.3, -0.25) is 9.59 Å². The summed E-state index contributed by atoms with van der Waals surface area (Å²) in [5, 5.41) is 0. The molecule has 1 aromatic heterocycles. The van der Waals surface area contributed by atoms with Gasteiger partial charge in [0.2, 0.25) is 0 Å². The zero-order chi connectivity index (χ0) is 15.7. The Balaban J connectivity index is 2.01. The van der Waals surface area contributed by atoms with E-state index in [0.29, 0.717) is 16.6 Å². The Kier molecular flexibility index (Phi) is 3.59. The fourth-order valence-corrected chi connectivity index (χ4v) is 2.38. The summed E-state index contributed by atoms with van der Waals surface area (Å²) in [6.45, 7) is 3.98. The van der Waals surface area contributed by atoms with Crippen molar-refractivity contribution in [3.63, 3.8) is 0 Å². The Morgan fingerprint density at radius 2 is 1.77 bits per heavy atom. The number of carbonyl (C=O) groups is 1. The van der Waals surface area contributed by atoms with Gasteiger partial charge in [-0.15, -0.1) is 0 Å². The number of ketones is 1. The van der Waals surface area contributed by atoms with Crippen molar-refractivity contribution in [2.75, 3.05) is 0 Å². The minimum absolute atomic E-state index is 0.00219. The standard InChI is InChI=1S/C18H16N2O2/c1-11-8-14-15(9-12(11)2)20-18(22)16(19-14)10-17(21)13-6-4-3-5-7-13/h3-9H,10H2,1-2H3,(H,20,22). The van der Waals surface area contributed by atoms with E-state index in [9.17, 15) is 9.59 Å². The van der Waals surface area contributed by atoms with E-state index in [0.717, 1.165) is 11.1 Å². The van der Waals surface area contributed by atoms with Crippen LogP contribution in [0.1, 0.15) is 27.2 Å². The van der Waals surface area contributed by atoms with Crippen molar-refractivity contribution in [2.24, 2.45) is 0 Å². The third-order valence-electron chi connectivity index (χ3n) is 3.80. The zero-order valence-corrected chi connectivity index (χ0v) is 12.5. The van der Waals surface area contributed by atoms with Gasteiger partial charge in [-0.25, -0.2) is 4.98 Å². The predicted molar refractivity (Wildman–Crippen MR) is 86.3 cm³/mol. The fourth-order valence-electron chi connectivity index (χ4n) is 2.38. The largest absolute Gasteiger partial charge is 0.319 e. The molecule has 1 N–H and O–H groups in total. The molecule has 4 nitrogen and oxygen atoms in total. The monoisotopic (exact) mass is 292 g/mol. The number of carbonyl (C=O) groups excluding carboxylic acids is 1. The molecule has 0 atom stereocenters. The Morgan fingerprint density at radius 3 is 2.50 bits per heavy atom. The number of H-pyrrole nitrogens is 1. The van der Waals surface area contributed by atoms with Gasteiger partial charge < -0.3 is 4.98 Å². The summed E-state index contributed by atoms with van der Waals surface area (Å²) >= 11 is 0. The van der Waals surface area contributed by atoms with Gasteiger partial charge in [-0.05, 0) is 37.1 Å². The van der Waals surface area contributed by atoms with Gasteiger partial charge in [0.15, 0.2) is 5.78 Å². The summed E-state index contributed by atoms with van der Waals surface area (Å²) in [7, 11) is 0. The maximum Gasteiger partial charge on any atom is 0.270 e. The maximum atomic E-state index is 12.2. The van der Waals surface area contributed by atoms with Crippen LogP contribution in [0.3, 0.4) is 0 Å². The summed E-state index contributed by atoms with van der Waals surface area (Å²) in [4.78, 5) is 31.5. The summed E-state index contributed by atoms with van der Waals surface area (Å²) in [5.41, 5.74) is 4.14. The van der Waals surface area contributed by atoms with Gasteiger partial charge in [0.25, 0.3) is 5.56 Å². The number of benzene rings is 2. The van der Waals surface area contributed by atoms with Gasteiger partial charge in [0.1, 0.15) is 5.69 Å². The highest BCUT2D eigenvalue weighted by atomic mass is 16.1. The molecule has 3 aromatic rings. The van der Waals surface area contributed by atoms with E-state index in [4.69, 9.17) is 0 Å². The lowest BCUT2D eigenvalue weighted by Crippen LogP contribution is -2.19. The topological polar surface area (TPSA) is 62.8 Å². The second-order valence-corrected chi connectivity index (χ2v) is 5.43. The van der Waals surface area contributed by atoms with Gasteiger partial charge in [0, 0.05) is 5.56 Å². The summed E-state index contributed by atoms with van der Waals surface area (Å²) in [6, 6.07) is 12.8. The molecule has 0 fully saturated rings. The summed E-state index contributed by atoms with van der Waals surface area (Å²) < 4.78 is 0. The lowest BCUT2D eigenvalue weighted by molar-refractivity contribution is 0.0991. The highest BCUT2D eigenvalue weighted by molar-refractivity contribution is 5.97. The first-order chi connectivity index (χ1) is 10.5. The number of hydrogen-bond donors (Lipinski definition) is 1. The van der Waals surface area contributed by atoms with Crippen LogP contribution in [0.15, 0.2) is 47.3 Å². The van der Waals surface area contributed by atoms with Crippen LogP contribution in [-0.2, 0) is 6.42 Å². The second-order valence-electron chi connectivity index (χ2n) is 5.43. The smallest absolute Gasteiger partial charge is 0.270 e. The van der Waals surface area contributed by atoms with E-state index in [1.807, 2.05) is 32.0 Å². The minimum Gasteiger partial charge on any atom is -0.319 e. The molecule has 4 heteroatoms. The van der Waals surface area contributed by atoms with Crippen LogP contribution in [0.25, 0.3) is 11.0 Å². The second kappa shape index (κ2) is 5.56. The molecule has 0 amide bonds. The molecular formula is C18H16N2O2. The number of hydrogen-bond acceptors (Lipinski definition) is 3. The highest BCUT2D eigenvalue weighted by Crippen LogP contribution is 2.15. The normalized spacial score (nSPS) is 10.8. The van der Waals surface area contributed by atoms with Crippen molar-refractivity contribution in [3.8, 4) is 0 Å². The number of nitrogens with zero attached hydrogens (tertiary/aromatic N) is 1. The van der Waals surface area contributed by atoms with E-state index in [1.54, 1.807) is 24.3 Å². The molecule has 0 saturated heterocycles. The number of aryl methyl sites for hydroxylation is 2. The lowest BCUT2D eigenvalue weighted by Gasteiger charge is -2.05. The average molecular weight is 292 g/mol. The number of aromatic amines is 1. The number of aromatic nitrogens is 2. The van der Waals surface area contributed by atoms with E-state index in [-0.39, 0.29) is 23.5 Å². The third kappa shape index (κ3) is 2.68. The molecule has 0 radical (unpaired) electrons. The van der Waals surface area contributed by atoms with Crippen molar-refractivity contribution in [3.05, 3.63) is 75.2 Å². The van der Waals surface area contributed by atoms with Crippen LogP contribution in [0.4, 0.5) is 0 Å². The number of fused-ring (bicyclic) bond motifs is 1. The Bertz CT molecular complexity index is 912. The number of rotatable bonds is 3. The quantitative estimate of drug-likeness (QED) is 0.755.